The lowest BCUT2D eigenvalue weighted by atomic mass is 10.2. The lowest BCUT2D eigenvalue weighted by Crippen LogP contribution is -2.35. The quantitative estimate of drug-likeness (QED) is 0.801. The number of hydrogen-bond acceptors (Lipinski definition) is 5. The third-order valence-electron chi connectivity index (χ3n) is 4.10. The molecule has 2 aliphatic heterocycles. The van der Waals surface area contributed by atoms with Crippen LogP contribution in [0.5, 0.6) is 0 Å². The van der Waals surface area contributed by atoms with Crippen LogP contribution in [0.4, 0.5) is 5.69 Å². The Morgan fingerprint density at radius 2 is 1.57 bits per heavy atom. The van der Waals surface area contributed by atoms with Crippen LogP contribution in [0.3, 0.4) is 0 Å². The molecule has 0 bridgehead atoms. The van der Waals surface area contributed by atoms with Crippen LogP contribution in [-0.4, -0.2) is 45.9 Å². The van der Waals surface area contributed by atoms with E-state index in [1.54, 1.807) is 0 Å². The SMILES string of the molecule is O=C1CCS(=O)(=O)N1c1ccc(S(=O)(=O)N2CCCCC2)cc1. The molecule has 0 aliphatic carbocycles. The predicted molar refractivity (Wildman–Crippen MR) is 84.9 cm³/mol. The summed E-state index contributed by atoms with van der Waals surface area (Å²) < 4.78 is 51.0. The molecular weight excluding hydrogens is 340 g/mol. The Balaban J connectivity index is 1.89. The van der Waals surface area contributed by atoms with Crippen molar-refractivity contribution in [1.29, 1.82) is 0 Å². The Morgan fingerprint density at radius 3 is 2.09 bits per heavy atom. The Morgan fingerprint density at radius 1 is 0.957 bits per heavy atom. The highest BCUT2D eigenvalue weighted by Crippen LogP contribution is 2.27. The van der Waals surface area contributed by atoms with Crippen molar-refractivity contribution >= 4 is 31.6 Å². The summed E-state index contributed by atoms with van der Waals surface area (Å²) in [5, 5.41) is 0. The molecule has 0 unspecified atom stereocenters. The number of anilines is 1. The first-order chi connectivity index (χ1) is 10.8. The minimum atomic E-state index is -3.63. The van der Waals surface area contributed by atoms with E-state index >= 15 is 0 Å². The van der Waals surface area contributed by atoms with Crippen molar-refractivity contribution in [2.45, 2.75) is 30.6 Å². The molecule has 0 spiro atoms. The number of rotatable bonds is 3. The summed E-state index contributed by atoms with van der Waals surface area (Å²) in [5.74, 6) is -0.698. The van der Waals surface area contributed by atoms with Gasteiger partial charge >= 0.3 is 0 Å². The number of carbonyl (C=O) groups excluding carboxylic acids is 1. The van der Waals surface area contributed by atoms with Gasteiger partial charge in [0.15, 0.2) is 0 Å². The van der Waals surface area contributed by atoms with Crippen LogP contribution < -0.4 is 4.31 Å². The number of piperidine rings is 1. The van der Waals surface area contributed by atoms with Gasteiger partial charge in [-0.3, -0.25) is 4.79 Å². The molecule has 0 radical (unpaired) electrons. The van der Waals surface area contributed by atoms with Gasteiger partial charge in [-0.1, -0.05) is 6.42 Å². The van der Waals surface area contributed by atoms with Crippen LogP contribution in [-0.2, 0) is 24.8 Å². The smallest absolute Gasteiger partial charge is 0.243 e. The van der Waals surface area contributed by atoms with E-state index in [1.165, 1.54) is 28.6 Å². The van der Waals surface area contributed by atoms with E-state index in [-0.39, 0.29) is 22.8 Å². The predicted octanol–water partition coefficient (Wildman–Crippen LogP) is 0.928. The largest absolute Gasteiger partial charge is 0.273 e. The van der Waals surface area contributed by atoms with Gasteiger partial charge in [0.2, 0.25) is 26.0 Å². The zero-order valence-electron chi connectivity index (χ0n) is 12.5. The van der Waals surface area contributed by atoms with Crippen molar-refractivity contribution in [3.8, 4) is 0 Å². The van der Waals surface area contributed by atoms with Crippen LogP contribution >= 0.6 is 0 Å². The number of nitrogens with zero attached hydrogens (tertiary/aromatic N) is 2. The summed E-state index contributed by atoms with van der Waals surface area (Å²) >= 11 is 0. The molecule has 2 saturated heterocycles. The van der Waals surface area contributed by atoms with Gasteiger partial charge in [-0.15, -0.1) is 0 Å². The van der Waals surface area contributed by atoms with Crippen LogP contribution in [0.1, 0.15) is 25.7 Å². The Labute approximate surface area is 136 Å². The lowest BCUT2D eigenvalue weighted by molar-refractivity contribution is -0.116. The van der Waals surface area contributed by atoms with Crippen molar-refractivity contribution in [3.63, 3.8) is 0 Å². The number of amides is 1. The van der Waals surface area contributed by atoms with Crippen LogP contribution in [0.15, 0.2) is 29.2 Å². The molecular formula is C14H18N2O5S2. The number of carbonyl (C=O) groups is 1. The van der Waals surface area contributed by atoms with Crippen molar-refractivity contribution in [1.82, 2.24) is 4.31 Å². The maximum Gasteiger partial charge on any atom is 0.243 e. The van der Waals surface area contributed by atoms with E-state index in [0.29, 0.717) is 13.1 Å². The van der Waals surface area contributed by atoms with Gasteiger partial charge in [-0.05, 0) is 37.1 Å². The fourth-order valence-electron chi connectivity index (χ4n) is 2.88. The molecule has 2 fully saturated rings. The molecule has 0 saturated carbocycles. The second kappa shape index (κ2) is 5.88. The molecule has 3 rings (SSSR count). The maximum atomic E-state index is 12.5. The number of hydrogen-bond donors (Lipinski definition) is 0. The highest BCUT2D eigenvalue weighted by Gasteiger charge is 2.36. The molecule has 0 N–H and O–H groups in total. The van der Waals surface area contributed by atoms with Crippen LogP contribution in [0, 0.1) is 0 Å². The van der Waals surface area contributed by atoms with E-state index in [4.69, 9.17) is 0 Å². The summed E-state index contributed by atoms with van der Waals surface area (Å²) in [6, 6.07) is 5.47. The van der Waals surface area contributed by atoms with Crippen LogP contribution in [0.25, 0.3) is 0 Å². The summed E-state index contributed by atoms with van der Waals surface area (Å²) in [6.07, 6.45) is 2.67. The Hall–Kier alpha value is -1.45. The summed E-state index contributed by atoms with van der Waals surface area (Å²) in [4.78, 5) is 11.9. The van der Waals surface area contributed by atoms with Gasteiger partial charge in [0.1, 0.15) is 0 Å². The molecule has 2 aliphatic rings. The Bertz CT molecular complexity index is 809. The fourth-order valence-corrected chi connectivity index (χ4v) is 5.85. The average Bonchev–Trinajstić information content (AvgIpc) is 2.81. The zero-order valence-corrected chi connectivity index (χ0v) is 14.1. The third kappa shape index (κ3) is 3.00. The fraction of sp³-hybridized carbons (Fsp3) is 0.500. The van der Waals surface area contributed by atoms with E-state index in [0.717, 1.165) is 23.6 Å². The standard InChI is InChI=1S/C14H18N2O5S2/c17-14-8-11-22(18,19)16(14)12-4-6-13(7-5-12)23(20,21)15-9-2-1-3-10-15/h4-7H,1-3,8-11H2. The normalized spacial score (nSPS) is 22.4. The molecule has 23 heavy (non-hydrogen) atoms. The van der Waals surface area contributed by atoms with Gasteiger partial charge in [-0.2, -0.15) is 4.31 Å². The van der Waals surface area contributed by atoms with Gasteiger partial charge in [-0.25, -0.2) is 21.1 Å². The highest BCUT2D eigenvalue weighted by atomic mass is 32.2. The average molecular weight is 358 g/mol. The summed E-state index contributed by atoms with van der Waals surface area (Å²) in [5.41, 5.74) is 0.185. The van der Waals surface area contributed by atoms with Gasteiger partial charge in [0.25, 0.3) is 0 Å². The molecule has 9 heteroatoms. The molecule has 1 amide bonds. The van der Waals surface area contributed by atoms with Crippen molar-refractivity contribution in [2.24, 2.45) is 0 Å². The van der Waals surface area contributed by atoms with E-state index in [9.17, 15) is 21.6 Å². The van der Waals surface area contributed by atoms with E-state index in [2.05, 4.69) is 0 Å². The second-order valence-electron chi connectivity index (χ2n) is 5.68. The van der Waals surface area contributed by atoms with Crippen molar-refractivity contribution in [3.05, 3.63) is 24.3 Å². The molecule has 126 valence electrons. The second-order valence-corrected chi connectivity index (χ2v) is 9.56. The van der Waals surface area contributed by atoms with Crippen LogP contribution in [0.2, 0.25) is 0 Å². The van der Waals surface area contributed by atoms with Gasteiger partial charge in [0, 0.05) is 19.5 Å². The molecule has 7 nitrogen and oxygen atoms in total. The monoisotopic (exact) mass is 358 g/mol. The minimum Gasteiger partial charge on any atom is -0.273 e. The topological polar surface area (TPSA) is 91.8 Å². The first kappa shape index (κ1) is 16.4. The minimum absolute atomic E-state index is 0.0455. The first-order valence-corrected chi connectivity index (χ1v) is 10.5. The van der Waals surface area contributed by atoms with Gasteiger partial charge < -0.3 is 0 Å². The zero-order chi connectivity index (χ0) is 16.7. The van der Waals surface area contributed by atoms with Gasteiger partial charge in [0.05, 0.1) is 16.3 Å². The lowest BCUT2D eigenvalue weighted by Gasteiger charge is -2.26. The third-order valence-corrected chi connectivity index (χ3v) is 7.71. The molecule has 0 aromatic heterocycles. The van der Waals surface area contributed by atoms with Crippen molar-refractivity contribution < 1.29 is 21.6 Å². The van der Waals surface area contributed by atoms with E-state index < -0.39 is 26.0 Å². The molecule has 1 aromatic carbocycles. The highest BCUT2D eigenvalue weighted by molar-refractivity contribution is 7.94. The maximum absolute atomic E-state index is 12.5. The molecule has 2 heterocycles. The first-order valence-electron chi connectivity index (χ1n) is 7.48. The number of benzene rings is 1. The molecule has 1 aromatic rings. The number of sulfonamides is 2. The summed E-state index contributed by atoms with van der Waals surface area (Å²) in [6.45, 7) is 1.01. The van der Waals surface area contributed by atoms with E-state index in [1.807, 2.05) is 0 Å². The molecule has 0 atom stereocenters. The Kier molecular flexibility index (Phi) is 4.19. The summed E-state index contributed by atoms with van der Waals surface area (Å²) in [7, 11) is -7.20. The van der Waals surface area contributed by atoms with Crippen molar-refractivity contribution in [2.75, 3.05) is 23.1 Å².